The number of nitrogens with zero attached hydrogens (tertiary/aromatic N) is 2. The lowest BCUT2D eigenvalue weighted by Gasteiger charge is -2.18. The molecule has 1 rings (SSSR count). The van der Waals surface area contributed by atoms with E-state index in [1.807, 2.05) is 30.3 Å². The van der Waals surface area contributed by atoms with E-state index in [1.54, 1.807) is 6.92 Å². The van der Waals surface area contributed by atoms with Gasteiger partial charge in [0.2, 0.25) is 0 Å². The van der Waals surface area contributed by atoms with Crippen molar-refractivity contribution in [2.24, 2.45) is 0 Å². The van der Waals surface area contributed by atoms with Crippen LogP contribution >= 0.6 is 15.9 Å². The first-order valence-electron chi connectivity index (χ1n) is 4.16. The standard InChI is InChI=1S/C11H9BrN2/c1-11(8-14,6-7-13)9-2-4-10(12)5-3-9/h2-5H,6H2,1H3. The van der Waals surface area contributed by atoms with Gasteiger partial charge in [0.25, 0.3) is 0 Å². The smallest absolute Gasteiger partial charge is 0.0923 e. The SMILES string of the molecule is CC(C#N)(CC#N)c1ccc(Br)cc1. The lowest BCUT2D eigenvalue weighted by molar-refractivity contribution is 0.628. The topological polar surface area (TPSA) is 47.6 Å². The van der Waals surface area contributed by atoms with Gasteiger partial charge in [0.1, 0.15) is 0 Å². The molecule has 0 aromatic heterocycles. The molecule has 0 fully saturated rings. The van der Waals surface area contributed by atoms with E-state index in [2.05, 4.69) is 22.0 Å². The van der Waals surface area contributed by atoms with E-state index in [1.165, 1.54) is 0 Å². The van der Waals surface area contributed by atoms with Crippen LogP contribution in [0.5, 0.6) is 0 Å². The van der Waals surface area contributed by atoms with Crippen molar-refractivity contribution in [3.05, 3.63) is 34.3 Å². The Labute approximate surface area is 91.9 Å². The van der Waals surface area contributed by atoms with Crippen LogP contribution in [0.2, 0.25) is 0 Å². The van der Waals surface area contributed by atoms with E-state index in [0.717, 1.165) is 10.0 Å². The van der Waals surface area contributed by atoms with Gasteiger partial charge in [-0.25, -0.2) is 0 Å². The van der Waals surface area contributed by atoms with E-state index >= 15 is 0 Å². The summed E-state index contributed by atoms with van der Waals surface area (Å²) in [5.74, 6) is 0. The largest absolute Gasteiger partial charge is 0.198 e. The third-order valence-corrected chi connectivity index (χ3v) is 2.69. The minimum atomic E-state index is -0.699. The summed E-state index contributed by atoms with van der Waals surface area (Å²) in [4.78, 5) is 0. The maximum absolute atomic E-state index is 9.03. The fourth-order valence-electron chi connectivity index (χ4n) is 1.18. The molecule has 1 unspecified atom stereocenters. The average Bonchev–Trinajstić information content (AvgIpc) is 2.19. The van der Waals surface area contributed by atoms with Crippen molar-refractivity contribution in [3.8, 4) is 12.1 Å². The van der Waals surface area contributed by atoms with Crippen LogP contribution in [0, 0.1) is 22.7 Å². The molecular weight excluding hydrogens is 240 g/mol. The highest BCUT2D eigenvalue weighted by Gasteiger charge is 2.25. The molecule has 0 saturated carbocycles. The first-order chi connectivity index (χ1) is 6.62. The van der Waals surface area contributed by atoms with Crippen molar-refractivity contribution in [2.45, 2.75) is 18.8 Å². The van der Waals surface area contributed by atoms with E-state index < -0.39 is 5.41 Å². The molecule has 0 N–H and O–H groups in total. The second-order valence-electron chi connectivity index (χ2n) is 3.29. The maximum Gasteiger partial charge on any atom is 0.0923 e. The number of benzene rings is 1. The van der Waals surface area contributed by atoms with Gasteiger partial charge < -0.3 is 0 Å². The normalized spacial score (nSPS) is 13.7. The van der Waals surface area contributed by atoms with Crippen LogP contribution in [-0.2, 0) is 5.41 Å². The molecule has 0 aliphatic heterocycles. The van der Waals surface area contributed by atoms with Crippen LogP contribution < -0.4 is 0 Å². The molecule has 0 spiro atoms. The summed E-state index contributed by atoms with van der Waals surface area (Å²) in [6.45, 7) is 1.78. The minimum absolute atomic E-state index is 0.213. The Balaban J connectivity index is 3.09. The van der Waals surface area contributed by atoms with Gasteiger partial charge in [-0.15, -0.1) is 0 Å². The molecule has 3 heteroatoms. The van der Waals surface area contributed by atoms with Gasteiger partial charge in [0, 0.05) is 4.47 Å². The Morgan fingerprint density at radius 1 is 1.29 bits per heavy atom. The summed E-state index contributed by atoms with van der Waals surface area (Å²) in [5.41, 5.74) is 0.180. The first kappa shape index (κ1) is 10.8. The van der Waals surface area contributed by atoms with Crippen molar-refractivity contribution < 1.29 is 0 Å². The summed E-state index contributed by atoms with van der Waals surface area (Å²) in [7, 11) is 0. The summed E-state index contributed by atoms with van der Waals surface area (Å²) >= 11 is 3.33. The third-order valence-electron chi connectivity index (χ3n) is 2.16. The summed E-state index contributed by atoms with van der Waals surface area (Å²) in [5, 5.41) is 17.7. The van der Waals surface area contributed by atoms with E-state index in [4.69, 9.17) is 10.5 Å². The zero-order valence-electron chi connectivity index (χ0n) is 7.79. The van der Waals surface area contributed by atoms with Crippen molar-refractivity contribution in [1.82, 2.24) is 0 Å². The number of hydrogen-bond acceptors (Lipinski definition) is 2. The fourth-order valence-corrected chi connectivity index (χ4v) is 1.45. The van der Waals surface area contributed by atoms with Gasteiger partial charge in [-0.1, -0.05) is 28.1 Å². The molecule has 14 heavy (non-hydrogen) atoms. The van der Waals surface area contributed by atoms with Crippen LogP contribution in [0.3, 0.4) is 0 Å². The second kappa shape index (κ2) is 4.26. The first-order valence-corrected chi connectivity index (χ1v) is 4.96. The van der Waals surface area contributed by atoms with Crippen LogP contribution in [0.4, 0.5) is 0 Å². The number of halogens is 1. The lowest BCUT2D eigenvalue weighted by Crippen LogP contribution is -2.18. The van der Waals surface area contributed by atoms with Crippen molar-refractivity contribution >= 4 is 15.9 Å². The average molecular weight is 249 g/mol. The quantitative estimate of drug-likeness (QED) is 0.808. The van der Waals surface area contributed by atoms with Gasteiger partial charge in [-0.05, 0) is 24.6 Å². The minimum Gasteiger partial charge on any atom is -0.198 e. The van der Waals surface area contributed by atoms with Crippen LogP contribution in [0.25, 0.3) is 0 Å². The van der Waals surface area contributed by atoms with Crippen LogP contribution in [0.15, 0.2) is 28.7 Å². The van der Waals surface area contributed by atoms with Crippen molar-refractivity contribution in [3.63, 3.8) is 0 Å². The molecule has 0 amide bonds. The van der Waals surface area contributed by atoms with Crippen molar-refractivity contribution in [1.29, 1.82) is 10.5 Å². The monoisotopic (exact) mass is 248 g/mol. The van der Waals surface area contributed by atoms with Gasteiger partial charge in [0.15, 0.2) is 0 Å². The Bertz CT molecular complexity index is 397. The van der Waals surface area contributed by atoms with Gasteiger partial charge in [-0.3, -0.25) is 0 Å². The molecule has 0 bridgehead atoms. The number of nitriles is 2. The van der Waals surface area contributed by atoms with Gasteiger partial charge in [-0.2, -0.15) is 10.5 Å². The lowest BCUT2D eigenvalue weighted by atomic mass is 9.81. The second-order valence-corrected chi connectivity index (χ2v) is 4.20. The van der Waals surface area contributed by atoms with E-state index in [9.17, 15) is 0 Å². The number of hydrogen-bond donors (Lipinski definition) is 0. The van der Waals surface area contributed by atoms with E-state index in [0.29, 0.717) is 0 Å². The highest BCUT2D eigenvalue weighted by atomic mass is 79.9. The van der Waals surface area contributed by atoms with Crippen LogP contribution in [0.1, 0.15) is 18.9 Å². The molecule has 1 atom stereocenters. The molecule has 2 nitrogen and oxygen atoms in total. The summed E-state index contributed by atoms with van der Waals surface area (Å²) in [6, 6.07) is 11.7. The molecule has 0 radical (unpaired) electrons. The Kier molecular flexibility index (Phi) is 3.28. The summed E-state index contributed by atoms with van der Waals surface area (Å²) in [6.07, 6.45) is 0.213. The third kappa shape index (κ3) is 2.13. The fraction of sp³-hybridized carbons (Fsp3) is 0.273. The molecule has 1 aromatic carbocycles. The highest BCUT2D eigenvalue weighted by molar-refractivity contribution is 9.10. The molecule has 0 aliphatic carbocycles. The molecule has 0 saturated heterocycles. The molecule has 70 valence electrons. The predicted molar refractivity (Wildman–Crippen MR) is 57.3 cm³/mol. The molecule has 0 heterocycles. The summed E-state index contributed by atoms with van der Waals surface area (Å²) < 4.78 is 0.971. The predicted octanol–water partition coefficient (Wildman–Crippen LogP) is 3.14. The Morgan fingerprint density at radius 2 is 1.86 bits per heavy atom. The zero-order valence-corrected chi connectivity index (χ0v) is 9.37. The Morgan fingerprint density at radius 3 is 2.29 bits per heavy atom. The molecular formula is C11H9BrN2. The van der Waals surface area contributed by atoms with Gasteiger partial charge in [0.05, 0.1) is 24.0 Å². The maximum atomic E-state index is 9.03. The molecule has 0 aliphatic rings. The van der Waals surface area contributed by atoms with Crippen molar-refractivity contribution in [2.75, 3.05) is 0 Å². The number of rotatable bonds is 2. The Hall–Kier alpha value is -1.32. The molecule has 1 aromatic rings. The van der Waals surface area contributed by atoms with Crippen LogP contribution in [-0.4, -0.2) is 0 Å². The van der Waals surface area contributed by atoms with Gasteiger partial charge >= 0.3 is 0 Å². The zero-order chi connectivity index (χ0) is 10.6. The van der Waals surface area contributed by atoms with E-state index in [-0.39, 0.29) is 6.42 Å². The highest BCUT2D eigenvalue weighted by Crippen LogP contribution is 2.27.